The molecule has 1 saturated heterocycles. The number of carbonyl (C=O) groups is 2. The summed E-state index contributed by atoms with van der Waals surface area (Å²) in [4.78, 5) is 25.2. The molecular formula is C20H32N2O2. The molecule has 4 nitrogen and oxygen atoms in total. The summed E-state index contributed by atoms with van der Waals surface area (Å²) in [6.07, 6.45) is 9.24. The monoisotopic (exact) mass is 332 g/mol. The lowest BCUT2D eigenvalue weighted by Crippen LogP contribution is -2.63. The van der Waals surface area contributed by atoms with E-state index >= 15 is 0 Å². The summed E-state index contributed by atoms with van der Waals surface area (Å²) in [7, 11) is 0. The van der Waals surface area contributed by atoms with E-state index in [1.807, 2.05) is 0 Å². The highest BCUT2D eigenvalue weighted by Crippen LogP contribution is 2.73. The Kier molecular flexibility index (Phi) is 3.41. The van der Waals surface area contributed by atoms with Crippen molar-refractivity contribution in [2.24, 2.45) is 21.7 Å². The van der Waals surface area contributed by atoms with E-state index in [1.54, 1.807) is 0 Å². The highest BCUT2D eigenvalue weighted by Gasteiger charge is 2.66. The second-order valence-corrected chi connectivity index (χ2v) is 10.6. The minimum atomic E-state index is -0.199. The maximum absolute atomic E-state index is 13.4. The van der Waals surface area contributed by atoms with Crippen LogP contribution >= 0.6 is 0 Å². The first kappa shape index (κ1) is 16.4. The standard InChI is InChI=1S/C20H32N2O2/c1-17-8-18(2)10-19(3,9-17)13-20(11-17,12-18)16(24)22-14-5-4-6-21-15(23)7-14/h14H,4-13H2,1-3H3,(H,21,23)(H,22,24)/t14-,17?,18?,19?,20?/m0/s1. The Bertz CT molecular complexity index is 531. The number of carbonyl (C=O) groups excluding carboxylic acids is 2. The van der Waals surface area contributed by atoms with Crippen LogP contribution < -0.4 is 10.6 Å². The van der Waals surface area contributed by atoms with Crippen molar-refractivity contribution in [3.05, 3.63) is 0 Å². The minimum Gasteiger partial charge on any atom is -0.356 e. The Morgan fingerprint density at radius 1 is 1.00 bits per heavy atom. The van der Waals surface area contributed by atoms with Gasteiger partial charge in [-0.3, -0.25) is 9.59 Å². The van der Waals surface area contributed by atoms with Gasteiger partial charge in [0.1, 0.15) is 0 Å². The number of nitrogens with one attached hydrogen (secondary N) is 2. The topological polar surface area (TPSA) is 58.2 Å². The number of hydrogen-bond donors (Lipinski definition) is 2. The van der Waals surface area contributed by atoms with Gasteiger partial charge in [0.15, 0.2) is 0 Å². The first-order chi connectivity index (χ1) is 11.1. The quantitative estimate of drug-likeness (QED) is 0.816. The van der Waals surface area contributed by atoms with Crippen molar-refractivity contribution in [3.63, 3.8) is 0 Å². The Balaban J connectivity index is 1.56. The van der Waals surface area contributed by atoms with E-state index in [0.29, 0.717) is 22.7 Å². The molecule has 0 unspecified atom stereocenters. The smallest absolute Gasteiger partial charge is 0.226 e. The molecule has 1 heterocycles. The SMILES string of the molecule is CC12CC3(C)CC(C)(C1)CC(C(=O)N[C@H]1CCCNC(=O)C1)(C2)C3. The van der Waals surface area contributed by atoms with E-state index in [4.69, 9.17) is 0 Å². The second kappa shape index (κ2) is 4.98. The Morgan fingerprint density at radius 2 is 1.54 bits per heavy atom. The van der Waals surface area contributed by atoms with Gasteiger partial charge >= 0.3 is 0 Å². The summed E-state index contributed by atoms with van der Waals surface area (Å²) in [5, 5.41) is 6.21. The zero-order chi connectivity index (χ0) is 17.2. The summed E-state index contributed by atoms with van der Waals surface area (Å²) in [5.74, 6) is 0.319. The van der Waals surface area contributed by atoms with Crippen molar-refractivity contribution in [1.82, 2.24) is 10.6 Å². The summed E-state index contributed by atoms with van der Waals surface area (Å²) >= 11 is 0. The minimum absolute atomic E-state index is 0.0152. The van der Waals surface area contributed by atoms with Crippen molar-refractivity contribution in [2.75, 3.05) is 6.54 Å². The largest absolute Gasteiger partial charge is 0.356 e. The first-order valence-corrected chi connectivity index (χ1v) is 9.71. The highest BCUT2D eigenvalue weighted by molar-refractivity contribution is 5.85. The Morgan fingerprint density at radius 3 is 2.08 bits per heavy atom. The number of amides is 2. The van der Waals surface area contributed by atoms with E-state index in [9.17, 15) is 9.59 Å². The summed E-state index contributed by atoms with van der Waals surface area (Å²) < 4.78 is 0. The zero-order valence-electron chi connectivity index (χ0n) is 15.5. The van der Waals surface area contributed by atoms with Crippen molar-refractivity contribution < 1.29 is 9.59 Å². The van der Waals surface area contributed by atoms with E-state index in [-0.39, 0.29) is 23.3 Å². The molecule has 0 aromatic carbocycles. The normalized spacial score (nSPS) is 50.3. The highest BCUT2D eigenvalue weighted by atomic mass is 16.2. The van der Waals surface area contributed by atoms with Gasteiger partial charge in [-0.2, -0.15) is 0 Å². The lowest BCUT2D eigenvalue weighted by Gasteiger charge is -2.68. The van der Waals surface area contributed by atoms with Crippen LogP contribution in [-0.2, 0) is 9.59 Å². The van der Waals surface area contributed by atoms with Crippen LogP contribution in [0.1, 0.15) is 78.6 Å². The van der Waals surface area contributed by atoms with Gasteiger partial charge in [0.2, 0.25) is 11.8 Å². The maximum Gasteiger partial charge on any atom is 0.226 e. The molecule has 0 aromatic rings. The molecule has 0 aromatic heterocycles. The summed E-state index contributed by atoms with van der Waals surface area (Å²) in [5.41, 5.74) is 0.749. The molecule has 0 radical (unpaired) electrons. The molecule has 1 aliphatic heterocycles. The van der Waals surface area contributed by atoms with Gasteiger partial charge in [-0.05, 0) is 67.6 Å². The van der Waals surface area contributed by atoms with Crippen molar-refractivity contribution in [1.29, 1.82) is 0 Å². The molecule has 0 spiro atoms. The van der Waals surface area contributed by atoms with Crippen LogP contribution in [0.3, 0.4) is 0 Å². The molecule has 5 rings (SSSR count). The van der Waals surface area contributed by atoms with E-state index in [1.165, 1.54) is 19.3 Å². The Labute approximate surface area is 145 Å². The molecule has 5 fully saturated rings. The third-order valence-electron chi connectivity index (χ3n) is 7.16. The second-order valence-electron chi connectivity index (χ2n) is 10.6. The van der Waals surface area contributed by atoms with Crippen LogP contribution in [-0.4, -0.2) is 24.4 Å². The average molecular weight is 332 g/mol. The van der Waals surface area contributed by atoms with Crippen LogP contribution in [0.5, 0.6) is 0 Å². The third-order valence-corrected chi connectivity index (χ3v) is 7.16. The molecule has 4 saturated carbocycles. The molecule has 4 bridgehead atoms. The Hall–Kier alpha value is -1.06. The maximum atomic E-state index is 13.4. The molecule has 5 aliphatic rings. The van der Waals surface area contributed by atoms with Crippen LogP contribution in [0.15, 0.2) is 0 Å². The third kappa shape index (κ3) is 2.66. The fourth-order valence-electron chi connectivity index (χ4n) is 7.97. The van der Waals surface area contributed by atoms with Crippen molar-refractivity contribution in [3.8, 4) is 0 Å². The zero-order valence-corrected chi connectivity index (χ0v) is 15.5. The molecule has 2 N–H and O–H groups in total. The predicted molar refractivity (Wildman–Crippen MR) is 93.2 cm³/mol. The molecule has 2 amide bonds. The summed E-state index contributed by atoms with van der Waals surface area (Å²) in [6.45, 7) is 7.96. The lowest BCUT2D eigenvalue weighted by molar-refractivity contribution is -0.192. The number of hydrogen-bond acceptors (Lipinski definition) is 2. The van der Waals surface area contributed by atoms with Gasteiger partial charge in [-0.15, -0.1) is 0 Å². The van der Waals surface area contributed by atoms with Crippen LogP contribution in [0.25, 0.3) is 0 Å². The van der Waals surface area contributed by atoms with E-state index < -0.39 is 0 Å². The van der Waals surface area contributed by atoms with Crippen molar-refractivity contribution >= 4 is 11.8 Å². The summed E-state index contributed by atoms with van der Waals surface area (Å²) in [6, 6.07) is 0.0152. The molecule has 4 heteroatoms. The first-order valence-electron chi connectivity index (χ1n) is 9.71. The molecule has 4 aliphatic carbocycles. The molecule has 134 valence electrons. The molecular weight excluding hydrogens is 300 g/mol. The van der Waals surface area contributed by atoms with E-state index in [0.717, 1.165) is 38.6 Å². The van der Waals surface area contributed by atoms with Gasteiger partial charge < -0.3 is 10.6 Å². The predicted octanol–water partition coefficient (Wildman–Crippen LogP) is 3.16. The van der Waals surface area contributed by atoms with Crippen molar-refractivity contribution in [2.45, 2.75) is 84.6 Å². The van der Waals surface area contributed by atoms with Gasteiger partial charge in [-0.25, -0.2) is 0 Å². The van der Waals surface area contributed by atoms with Crippen LogP contribution in [0.2, 0.25) is 0 Å². The van der Waals surface area contributed by atoms with E-state index in [2.05, 4.69) is 31.4 Å². The number of rotatable bonds is 2. The lowest BCUT2D eigenvalue weighted by atomic mass is 9.36. The van der Waals surface area contributed by atoms with Gasteiger partial charge in [0.05, 0.1) is 5.41 Å². The average Bonchev–Trinajstić information content (AvgIpc) is 2.57. The van der Waals surface area contributed by atoms with Crippen LogP contribution in [0.4, 0.5) is 0 Å². The fraction of sp³-hybridized carbons (Fsp3) is 0.900. The fourth-order valence-corrected chi connectivity index (χ4v) is 7.97. The van der Waals surface area contributed by atoms with Crippen LogP contribution in [0, 0.1) is 21.7 Å². The van der Waals surface area contributed by atoms with Gasteiger partial charge in [-0.1, -0.05) is 20.8 Å². The molecule has 24 heavy (non-hydrogen) atoms. The molecule has 1 atom stereocenters. The van der Waals surface area contributed by atoms with Gasteiger partial charge in [0, 0.05) is 19.0 Å². The van der Waals surface area contributed by atoms with Gasteiger partial charge in [0.25, 0.3) is 0 Å².